The van der Waals surface area contributed by atoms with Crippen LogP contribution in [0.3, 0.4) is 0 Å². The van der Waals surface area contributed by atoms with Crippen molar-refractivity contribution in [1.82, 2.24) is 4.90 Å². The molecule has 6 heteroatoms. The Bertz CT molecular complexity index is 763. The number of aliphatic hydroxyl groups excluding tert-OH is 1. The highest BCUT2D eigenvalue weighted by atomic mass is 16.6. The molecule has 0 bridgehead atoms. The van der Waals surface area contributed by atoms with E-state index in [-0.39, 0.29) is 17.6 Å². The first-order valence-corrected chi connectivity index (χ1v) is 8.34. The molecule has 1 saturated heterocycles. The van der Waals surface area contributed by atoms with Crippen LogP contribution in [0.15, 0.2) is 54.6 Å². The molecule has 0 aliphatic carbocycles. The molecule has 1 fully saturated rings. The molecule has 0 radical (unpaired) electrons. The van der Waals surface area contributed by atoms with E-state index in [2.05, 4.69) is 0 Å². The van der Waals surface area contributed by atoms with Crippen molar-refractivity contribution in [1.29, 1.82) is 0 Å². The Morgan fingerprint density at radius 2 is 2.00 bits per heavy atom. The lowest BCUT2D eigenvalue weighted by atomic mass is 10.00. The number of carbonyl (C=O) groups excluding carboxylic acids is 1. The van der Waals surface area contributed by atoms with E-state index < -0.39 is 11.0 Å². The molecule has 2 atom stereocenters. The molecule has 2 aromatic carbocycles. The largest absolute Gasteiger partial charge is 0.388 e. The van der Waals surface area contributed by atoms with Gasteiger partial charge in [-0.3, -0.25) is 14.9 Å². The second-order valence-corrected chi connectivity index (χ2v) is 6.26. The highest BCUT2D eigenvalue weighted by Gasteiger charge is 2.31. The van der Waals surface area contributed by atoms with Gasteiger partial charge in [-0.1, -0.05) is 36.4 Å². The minimum atomic E-state index is -0.635. The average Bonchev–Trinajstić information content (AvgIpc) is 3.10. The number of carbonyl (C=O) groups is 1. The summed E-state index contributed by atoms with van der Waals surface area (Å²) >= 11 is 0. The second kappa shape index (κ2) is 7.44. The summed E-state index contributed by atoms with van der Waals surface area (Å²) in [5, 5.41) is 21.4. The van der Waals surface area contributed by atoms with Gasteiger partial charge in [0.05, 0.1) is 11.0 Å². The SMILES string of the molecule is O=C(c1cccc([N+](=O)[O-])c1)N1CCC[C@@H]1C[C@H](O)c1ccccc1. The number of likely N-dealkylation sites (tertiary alicyclic amines) is 1. The number of hydrogen-bond acceptors (Lipinski definition) is 4. The lowest BCUT2D eigenvalue weighted by Gasteiger charge is -2.27. The third-order valence-corrected chi connectivity index (χ3v) is 4.62. The number of nitro groups is 1. The molecule has 1 heterocycles. The number of amides is 1. The summed E-state index contributed by atoms with van der Waals surface area (Å²) in [5.74, 6) is -0.216. The van der Waals surface area contributed by atoms with Crippen LogP contribution in [-0.4, -0.2) is 33.4 Å². The topological polar surface area (TPSA) is 83.7 Å². The van der Waals surface area contributed by atoms with Crippen LogP contribution in [0.4, 0.5) is 5.69 Å². The fraction of sp³-hybridized carbons (Fsp3) is 0.316. The van der Waals surface area contributed by atoms with E-state index in [1.807, 2.05) is 30.3 Å². The Morgan fingerprint density at radius 3 is 2.72 bits per heavy atom. The number of rotatable bonds is 5. The molecule has 3 rings (SSSR count). The Kier molecular flexibility index (Phi) is 5.09. The van der Waals surface area contributed by atoms with Gasteiger partial charge in [0.15, 0.2) is 0 Å². The zero-order valence-electron chi connectivity index (χ0n) is 13.7. The van der Waals surface area contributed by atoms with Crippen molar-refractivity contribution >= 4 is 11.6 Å². The van der Waals surface area contributed by atoms with Crippen molar-refractivity contribution in [3.05, 3.63) is 75.8 Å². The maximum absolute atomic E-state index is 12.8. The van der Waals surface area contributed by atoms with Crippen LogP contribution >= 0.6 is 0 Å². The number of aliphatic hydroxyl groups is 1. The Labute approximate surface area is 145 Å². The van der Waals surface area contributed by atoms with Gasteiger partial charge in [-0.2, -0.15) is 0 Å². The summed E-state index contributed by atoms with van der Waals surface area (Å²) in [4.78, 5) is 24.9. The second-order valence-electron chi connectivity index (χ2n) is 6.26. The normalized spacial score (nSPS) is 18.1. The standard InChI is InChI=1S/C19H20N2O4/c22-18(14-6-2-1-3-7-14)13-16-10-5-11-20(16)19(23)15-8-4-9-17(12-15)21(24)25/h1-4,6-9,12,16,18,22H,5,10-11,13H2/t16-,18+/m1/s1. The summed E-state index contributed by atoms with van der Waals surface area (Å²) in [7, 11) is 0. The highest BCUT2D eigenvalue weighted by molar-refractivity contribution is 5.95. The van der Waals surface area contributed by atoms with Gasteiger partial charge >= 0.3 is 0 Å². The van der Waals surface area contributed by atoms with Gasteiger partial charge in [0.1, 0.15) is 0 Å². The van der Waals surface area contributed by atoms with Crippen molar-refractivity contribution in [3.8, 4) is 0 Å². The van der Waals surface area contributed by atoms with Crippen molar-refractivity contribution in [2.75, 3.05) is 6.54 Å². The van der Waals surface area contributed by atoms with Gasteiger partial charge < -0.3 is 10.0 Å². The molecule has 6 nitrogen and oxygen atoms in total. The molecule has 25 heavy (non-hydrogen) atoms. The van der Waals surface area contributed by atoms with E-state index in [1.54, 1.807) is 11.0 Å². The number of nitrogens with zero attached hydrogens (tertiary/aromatic N) is 2. The molecular formula is C19H20N2O4. The van der Waals surface area contributed by atoms with Crippen LogP contribution in [0.2, 0.25) is 0 Å². The van der Waals surface area contributed by atoms with Crippen LogP contribution in [-0.2, 0) is 0 Å². The molecule has 1 aliphatic heterocycles. The average molecular weight is 340 g/mol. The zero-order valence-corrected chi connectivity index (χ0v) is 13.7. The smallest absolute Gasteiger partial charge is 0.270 e. The van der Waals surface area contributed by atoms with E-state index in [1.165, 1.54) is 18.2 Å². The van der Waals surface area contributed by atoms with Gasteiger partial charge in [0.2, 0.25) is 0 Å². The fourth-order valence-electron chi connectivity index (χ4n) is 3.34. The molecule has 0 unspecified atom stereocenters. The highest BCUT2D eigenvalue weighted by Crippen LogP contribution is 2.29. The lowest BCUT2D eigenvalue weighted by molar-refractivity contribution is -0.384. The van der Waals surface area contributed by atoms with Crippen molar-refractivity contribution in [2.45, 2.75) is 31.4 Å². The first kappa shape index (κ1) is 17.1. The Balaban J connectivity index is 1.74. The first-order valence-electron chi connectivity index (χ1n) is 8.34. The quantitative estimate of drug-likeness (QED) is 0.668. The monoisotopic (exact) mass is 340 g/mol. The van der Waals surface area contributed by atoms with E-state index >= 15 is 0 Å². The molecular weight excluding hydrogens is 320 g/mol. The molecule has 1 amide bonds. The van der Waals surface area contributed by atoms with Gasteiger partial charge in [-0.05, 0) is 30.9 Å². The minimum absolute atomic E-state index is 0.0676. The molecule has 0 aromatic heterocycles. The molecule has 0 saturated carbocycles. The maximum Gasteiger partial charge on any atom is 0.270 e. The fourth-order valence-corrected chi connectivity index (χ4v) is 3.34. The Morgan fingerprint density at radius 1 is 1.24 bits per heavy atom. The van der Waals surface area contributed by atoms with Gasteiger partial charge in [-0.25, -0.2) is 0 Å². The molecule has 0 spiro atoms. The minimum Gasteiger partial charge on any atom is -0.388 e. The van der Waals surface area contributed by atoms with Gasteiger partial charge in [0, 0.05) is 30.3 Å². The summed E-state index contributed by atoms with van der Waals surface area (Å²) in [5.41, 5.74) is 1.05. The Hall–Kier alpha value is -2.73. The zero-order chi connectivity index (χ0) is 17.8. The van der Waals surface area contributed by atoms with Crippen molar-refractivity contribution in [2.24, 2.45) is 0 Å². The lowest BCUT2D eigenvalue weighted by Crippen LogP contribution is -2.36. The van der Waals surface area contributed by atoms with Crippen LogP contribution in [0.5, 0.6) is 0 Å². The van der Waals surface area contributed by atoms with E-state index in [9.17, 15) is 20.0 Å². The number of nitro benzene ring substituents is 1. The van der Waals surface area contributed by atoms with Crippen molar-refractivity contribution < 1.29 is 14.8 Å². The van der Waals surface area contributed by atoms with Crippen LogP contribution in [0.1, 0.15) is 41.3 Å². The predicted molar refractivity (Wildman–Crippen MR) is 93.2 cm³/mol. The molecule has 1 N–H and O–H groups in total. The van der Waals surface area contributed by atoms with Gasteiger partial charge in [0.25, 0.3) is 11.6 Å². The summed E-state index contributed by atoms with van der Waals surface area (Å²) in [6, 6.07) is 15.1. The van der Waals surface area contributed by atoms with E-state index in [4.69, 9.17) is 0 Å². The number of hydrogen-bond donors (Lipinski definition) is 1. The van der Waals surface area contributed by atoms with E-state index in [0.29, 0.717) is 18.5 Å². The molecule has 130 valence electrons. The summed E-state index contributed by atoms with van der Waals surface area (Å²) in [6.07, 6.45) is 1.52. The molecule has 1 aliphatic rings. The van der Waals surface area contributed by atoms with Crippen molar-refractivity contribution in [3.63, 3.8) is 0 Å². The summed E-state index contributed by atoms with van der Waals surface area (Å²) in [6.45, 7) is 0.605. The number of benzene rings is 2. The third kappa shape index (κ3) is 3.85. The number of non-ortho nitro benzene ring substituents is 1. The van der Waals surface area contributed by atoms with Crippen LogP contribution in [0.25, 0.3) is 0 Å². The molecule has 2 aromatic rings. The maximum atomic E-state index is 12.8. The van der Waals surface area contributed by atoms with Crippen LogP contribution < -0.4 is 0 Å². The predicted octanol–water partition coefficient (Wildman–Crippen LogP) is 3.32. The van der Waals surface area contributed by atoms with Gasteiger partial charge in [-0.15, -0.1) is 0 Å². The van der Waals surface area contributed by atoms with Crippen LogP contribution in [0, 0.1) is 10.1 Å². The first-order chi connectivity index (χ1) is 12.1. The third-order valence-electron chi connectivity index (χ3n) is 4.62. The van der Waals surface area contributed by atoms with E-state index in [0.717, 1.165) is 18.4 Å². The summed E-state index contributed by atoms with van der Waals surface area (Å²) < 4.78 is 0.